The number of hydrogen-bond acceptors (Lipinski definition) is 3. The van der Waals surface area contributed by atoms with Crippen molar-refractivity contribution >= 4 is 5.69 Å². The van der Waals surface area contributed by atoms with Gasteiger partial charge >= 0.3 is 0 Å². The minimum atomic E-state index is 0.747. The molecule has 0 bridgehead atoms. The molecule has 0 fully saturated rings. The molecule has 0 atom stereocenters. The number of pyridine rings is 1. The van der Waals surface area contributed by atoms with E-state index in [1.54, 1.807) is 12.4 Å². The Morgan fingerprint density at radius 2 is 2.60 bits per heavy atom. The molecule has 0 aromatic carbocycles. The van der Waals surface area contributed by atoms with Gasteiger partial charge in [-0.05, 0) is 11.6 Å². The molecular formula is C7H8N2O. The van der Waals surface area contributed by atoms with Crippen LogP contribution in [-0.4, -0.2) is 11.6 Å². The van der Waals surface area contributed by atoms with Gasteiger partial charge in [0, 0.05) is 12.6 Å². The van der Waals surface area contributed by atoms with Crippen molar-refractivity contribution in [1.82, 2.24) is 4.98 Å². The molecular weight excluding hydrogens is 128 g/mol. The van der Waals surface area contributed by atoms with E-state index in [-0.39, 0.29) is 0 Å². The van der Waals surface area contributed by atoms with Crippen molar-refractivity contribution in [3.05, 3.63) is 24.0 Å². The van der Waals surface area contributed by atoms with Crippen LogP contribution in [0.15, 0.2) is 18.5 Å². The van der Waals surface area contributed by atoms with Gasteiger partial charge in [-0.2, -0.15) is 0 Å². The molecule has 0 amide bonds. The monoisotopic (exact) mass is 136 g/mol. The number of hydrogen-bond donors (Lipinski definition) is 1. The zero-order valence-electron chi connectivity index (χ0n) is 5.50. The minimum absolute atomic E-state index is 0.747. The summed E-state index contributed by atoms with van der Waals surface area (Å²) in [7, 11) is 0. The van der Waals surface area contributed by atoms with Crippen molar-refractivity contribution in [3.8, 4) is 0 Å². The molecule has 1 aliphatic rings. The van der Waals surface area contributed by atoms with Gasteiger partial charge < -0.3 is 0 Å². The SMILES string of the molecule is c1cc2c(cn1)NOCC2. The third kappa shape index (κ3) is 0.844. The molecule has 10 heavy (non-hydrogen) atoms. The first-order chi connectivity index (χ1) is 4.97. The standard InChI is InChI=1S/C7H8N2O/c1-3-8-5-7-6(1)2-4-10-9-7/h1,3,5,9H,2,4H2. The summed E-state index contributed by atoms with van der Waals surface area (Å²) in [6.07, 6.45) is 4.55. The van der Waals surface area contributed by atoms with Gasteiger partial charge in [-0.15, -0.1) is 0 Å². The summed E-state index contributed by atoms with van der Waals surface area (Å²) in [5.41, 5.74) is 5.07. The van der Waals surface area contributed by atoms with E-state index >= 15 is 0 Å². The minimum Gasteiger partial charge on any atom is -0.276 e. The van der Waals surface area contributed by atoms with E-state index in [4.69, 9.17) is 4.84 Å². The van der Waals surface area contributed by atoms with Gasteiger partial charge in [0.1, 0.15) is 0 Å². The highest BCUT2D eigenvalue weighted by molar-refractivity contribution is 5.48. The van der Waals surface area contributed by atoms with Crippen LogP contribution in [0.1, 0.15) is 5.56 Å². The second-order valence-electron chi connectivity index (χ2n) is 2.23. The average Bonchev–Trinajstić information content (AvgIpc) is 2.05. The number of fused-ring (bicyclic) bond motifs is 1. The zero-order chi connectivity index (χ0) is 6.81. The maximum atomic E-state index is 5.01. The fraction of sp³-hybridized carbons (Fsp3) is 0.286. The average molecular weight is 136 g/mol. The summed E-state index contributed by atoms with van der Waals surface area (Å²) in [6.45, 7) is 0.747. The topological polar surface area (TPSA) is 34.2 Å². The van der Waals surface area contributed by atoms with Crippen molar-refractivity contribution in [1.29, 1.82) is 0 Å². The van der Waals surface area contributed by atoms with Crippen LogP contribution in [-0.2, 0) is 11.3 Å². The van der Waals surface area contributed by atoms with E-state index in [9.17, 15) is 0 Å². The molecule has 0 aliphatic carbocycles. The Labute approximate surface area is 59.0 Å². The van der Waals surface area contributed by atoms with Gasteiger partial charge in [-0.3, -0.25) is 15.3 Å². The van der Waals surface area contributed by atoms with Crippen molar-refractivity contribution in [2.24, 2.45) is 0 Å². The van der Waals surface area contributed by atoms with Crippen molar-refractivity contribution in [2.75, 3.05) is 12.1 Å². The van der Waals surface area contributed by atoms with Crippen molar-refractivity contribution in [2.45, 2.75) is 6.42 Å². The lowest BCUT2D eigenvalue weighted by atomic mass is 10.1. The molecule has 0 saturated carbocycles. The van der Waals surface area contributed by atoms with Crippen LogP contribution in [0.3, 0.4) is 0 Å². The Hall–Kier alpha value is -1.09. The second kappa shape index (κ2) is 2.27. The third-order valence-electron chi connectivity index (χ3n) is 1.57. The van der Waals surface area contributed by atoms with Gasteiger partial charge in [0.2, 0.25) is 0 Å². The lowest BCUT2D eigenvalue weighted by Crippen LogP contribution is -2.13. The Morgan fingerprint density at radius 1 is 1.60 bits per heavy atom. The smallest absolute Gasteiger partial charge is 0.0820 e. The Balaban J connectivity index is 2.41. The first-order valence-corrected chi connectivity index (χ1v) is 3.27. The number of anilines is 1. The van der Waals surface area contributed by atoms with E-state index in [1.165, 1.54) is 5.56 Å². The highest BCUT2D eigenvalue weighted by Crippen LogP contribution is 2.17. The van der Waals surface area contributed by atoms with Gasteiger partial charge in [0.25, 0.3) is 0 Å². The summed E-state index contributed by atoms with van der Waals surface area (Å²) in [5.74, 6) is 0. The number of nitrogens with zero attached hydrogens (tertiary/aromatic N) is 1. The molecule has 1 aromatic heterocycles. The summed E-state index contributed by atoms with van der Waals surface area (Å²) in [6, 6.07) is 2.00. The van der Waals surface area contributed by atoms with Crippen LogP contribution < -0.4 is 5.48 Å². The van der Waals surface area contributed by atoms with E-state index in [2.05, 4.69) is 10.5 Å². The van der Waals surface area contributed by atoms with Crippen LogP contribution in [0.4, 0.5) is 5.69 Å². The first kappa shape index (κ1) is 5.68. The van der Waals surface area contributed by atoms with E-state index in [0.29, 0.717) is 0 Å². The molecule has 2 rings (SSSR count). The van der Waals surface area contributed by atoms with Gasteiger partial charge in [-0.1, -0.05) is 0 Å². The molecule has 1 aliphatic heterocycles. The fourth-order valence-electron chi connectivity index (χ4n) is 1.02. The van der Waals surface area contributed by atoms with Crippen LogP contribution in [0, 0.1) is 0 Å². The normalized spacial score (nSPS) is 15.6. The van der Waals surface area contributed by atoms with Crippen molar-refractivity contribution < 1.29 is 4.84 Å². The van der Waals surface area contributed by atoms with Crippen LogP contribution in [0.2, 0.25) is 0 Å². The van der Waals surface area contributed by atoms with Crippen LogP contribution in [0.25, 0.3) is 0 Å². The summed E-state index contributed by atoms with van der Waals surface area (Å²) in [5, 5.41) is 0. The summed E-state index contributed by atoms with van der Waals surface area (Å²) >= 11 is 0. The molecule has 0 radical (unpaired) electrons. The number of nitrogens with one attached hydrogen (secondary N) is 1. The Bertz CT molecular complexity index is 212. The van der Waals surface area contributed by atoms with E-state index in [0.717, 1.165) is 18.7 Å². The van der Waals surface area contributed by atoms with E-state index in [1.807, 2.05) is 6.07 Å². The first-order valence-electron chi connectivity index (χ1n) is 3.27. The molecule has 0 unspecified atom stereocenters. The summed E-state index contributed by atoms with van der Waals surface area (Å²) < 4.78 is 0. The molecule has 0 saturated heterocycles. The third-order valence-corrected chi connectivity index (χ3v) is 1.57. The predicted octanol–water partition coefficient (Wildman–Crippen LogP) is 0.981. The lowest BCUT2D eigenvalue weighted by Gasteiger charge is -2.15. The highest BCUT2D eigenvalue weighted by Gasteiger charge is 2.06. The number of rotatable bonds is 0. The molecule has 3 nitrogen and oxygen atoms in total. The van der Waals surface area contributed by atoms with Gasteiger partial charge in [0.05, 0.1) is 18.5 Å². The van der Waals surface area contributed by atoms with Crippen LogP contribution in [0.5, 0.6) is 0 Å². The second-order valence-corrected chi connectivity index (χ2v) is 2.23. The number of aromatic nitrogens is 1. The molecule has 3 heteroatoms. The maximum absolute atomic E-state index is 5.01. The molecule has 0 spiro atoms. The summed E-state index contributed by atoms with van der Waals surface area (Å²) in [4.78, 5) is 8.96. The fourth-order valence-corrected chi connectivity index (χ4v) is 1.02. The van der Waals surface area contributed by atoms with Crippen molar-refractivity contribution in [3.63, 3.8) is 0 Å². The molecule has 2 heterocycles. The van der Waals surface area contributed by atoms with Crippen LogP contribution >= 0.6 is 0 Å². The Kier molecular flexibility index (Phi) is 1.29. The highest BCUT2D eigenvalue weighted by atomic mass is 16.6. The van der Waals surface area contributed by atoms with Gasteiger partial charge in [-0.25, -0.2) is 0 Å². The quantitative estimate of drug-likeness (QED) is 0.577. The molecule has 1 N–H and O–H groups in total. The van der Waals surface area contributed by atoms with Gasteiger partial charge in [0.15, 0.2) is 0 Å². The van der Waals surface area contributed by atoms with E-state index < -0.39 is 0 Å². The predicted molar refractivity (Wildman–Crippen MR) is 37.5 cm³/mol. The largest absolute Gasteiger partial charge is 0.276 e. The molecule has 52 valence electrons. The zero-order valence-corrected chi connectivity index (χ0v) is 5.50. The Morgan fingerprint density at radius 3 is 3.50 bits per heavy atom. The lowest BCUT2D eigenvalue weighted by molar-refractivity contribution is 0.187. The molecule has 1 aromatic rings. The maximum Gasteiger partial charge on any atom is 0.0820 e.